The quantitative estimate of drug-likeness (QED) is 0.790. The molecule has 0 radical (unpaired) electrons. The highest BCUT2D eigenvalue weighted by molar-refractivity contribution is 5.81. The molecule has 2 rings (SSSR count). The molecule has 2 N–H and O–H groups in total. The van der Waals surface area contributed by atoms with Gasteiger partial charge in [-0.2, -0.15) is 0 Å². The molecule has 0 bridgehead atoms. The second-order valence-corrected chi connectivity index (χ2v) is 5.24. The summed E-state index contributed by atoms with van der Waals surface area (Å²) in [5.41, 5.74) is 0. The fourth-order valence-electron chi connectivity index (χ4n) is 2.91. The predicted molar refractivity (Wildman–Crippen MR) is 65.1 cm³/mol. The lowest BCUT2D eigenvalue weighted by molar-refractivity contribution is -0.145. The summed E-state index contributed by atoms with van der Waals surface area (Å²) >= 11 is 0. The van der Waals surface area contributed by atoms with Crippen molar-refractivity contribution in [3.05, 3.63) is 0 Å². The number of hydrogen-bond donors (Lipinski definition) is 2. The van der Waals surface area contributed by atoms with Crippen molar-refractivity contribution in [3.8, 4) is 0 Å². The largest absolute Gasteiger partial charge is 0.481 e. The molecule has 0 aromatic rings. The topological polar surface area (TPSA) is 75.6 Å². The zero-order chi connectivity index (χ0) is 13.0. The molecule has 0 aromatic carbocycles. The van der Waals surface area contributed by atoms with Crippen LogP contribution < -0.4 is 5.32 Å². The van der Waals surface area contributed by atoms with E-state index in [1.54, 1.807) is 0 Å². The van der Waals surface area contributed by atoms with Gasteiger partial charge in [0.1, 0.15) is 6.10 Å². The molecule has 5 nitrogen and oxygen atoms in total. The van der Waals surface area contributed by atoms with Crippen molar-refractivity contribution in [1.29, 1.82) is 0 Å². The lowest BCUT2D eigenvalue weighted by Crippen LogP contribution is -2.41. The summed E-state index contributed by atoms with van der Waals surface area (Å²) in [6.45, 7) is 1.12. The van der Waals surface area contributed by atoms with Crippen LogP contribution in [0.2, 0.25) is 0 Å². The number of carbonyl (C=O) groups is 2. The molecule has 1 aliphatic carbocycles. The van der Waals surface area contributed by atoms with E-state index in [0.29, 0.717) is 13.2 Å². The van der Waals surface area contributed by atoms with E-state index < -0.39 is 5.97 Å². The Morgan fingerprint density at radius 2 is 1.94 bits per heavy atom. The molecule has 2 aliphatic rings. The van der Waals surface area contributed by atoms with Crippen LogP contribution in [0.3, 0.4) is 0 Å². The predicted octanol–water partition coefficient (Wildman–Crippen LogP) is 1.17. The molecule has 102 valence electrons. The van der Waals surface area contributed by atoms with Gasteiger partial charge in [-0.15, -0.1) is 0 Å². The van der Waals surface area contributed by atoms with Crippen LogP contribution in [-0.2, 0) is 14.3 Å². The van der Waals surface area contributed by atoms with Gasteiger partial charge in [-0.25, -0.2) is 0 Å². The number of rotatable bonds is 4. The number of ether oxygens (including phenoxy) is 1. The first kappa shape index (κ1) is 13.3. The van der Waals surface area contributed by atoms with Crippen LogP contribution in [0.15, 0.2) is 0 Å². The van der Waals surface area contributed by atoms with Crippen molar-refractivity contribution < 1.29 is 19.4 Å². The van der Waals surface area contributed by atoms with E-state index in [0.717, 1.165) is 38.5 Å². The molecule has 3 atom stereocenters. The van der Waals surface area contributed by atoms with Crippen LogP contribution in [0.1, 0.15) is 38.5 Å². The summed E-state index contributed by atoms with van der Waals surface area (Å²) in [6.07, 6.45) is 5.05. The molecule has 1 saturated heterocycles. The van der Waals surface area contributed by atoms with Gasteiger partial charge in [0.05, 0.1) is 5.92 Å². The number of amides is 1. The molecular weight excluding hydrogens is 234 g/mol. The van der Waals surface area contributed by atoms with Crippen molar-refractivity contribution >= 4 is 11.9 Å². The smallest absolute Gasteiger partial charge is 0.306 e. The summed E-state index contributed by atoms with van der Waals surface area (Å²) in [7, 11) is 0. The number of aliphatic carboxylic acids is 1. The summed E-state index contributed by atoms with van der Waals surface area (Å²) in [6, 6.07) is 0. The van der Waals surface area contributed by atoms with Crippen molar-refractivity contribution in [2.45, 2.75) is 44.6 Å². The molecule has 1 saturated carbocycles. The molecular formula is C13H21NO4. The third kappa shape index (κ3) is 3.22. The van der Waals surface area contributed by atoms with Crippen molar-refractivity contribution in [2.75, 3.05) is 13.2 Å². The highest BCUT2D eigenvalue weighted by atomic mass is 16.5. The Kier molecular flexibility index (Phi) is 4.58. The van der Waals surface area contributed by atoms with E-state index in [4.69, 9.17) is 9.84 Å². The molecule has 0 aromatic heterocycles. The van der Waals surface area contributed by atoms with Gasteiger partial charge in [0.15, 0.2) is 0 Å². The number of carboxylic acids is 1. The third-order valence-electron chi connectivity index (χ3n) is 3.99. The minimum atomic E-state index is -0.730. The minimum absolute atomic E-state index is 0.0709. The normalized spacial score (nSPS) is 32.1. The zero-order valence-electron chi connectivity index (χ0n) is 10.6. The van der Waals surface area contributed by atoms with E-state index in [1.165, 1.54) is 0 Å². The SMILES string of the molecule is O=C(O)C1CCCCC1CNC(=O)[C@H]1CCCO1. The fourth-order valence-corrected chi connectivity index (χ4v) is 2.91. The summed E-state index contributed by atoms with van der Waals surface area (Å²) in [5.74, 6) is -1.04. The maximum atomic E-state index is 11.8. The standard InChI is InChI=1S/C13H21NO4/c15-12(11-6-3-7-18-11)14-8-9-4-1-2-5-10(9)13(16)17/h9-11H,1-8H2,(H,14,15)(H,16,17)/t9?,10?,11-/m1/s1. The Morgan fingerprint density at radius 3 is 2.61 bits per heavy atom. The average molecular weight is 255 g/mol. The van der Waals surface area contributed by atoms with Gasteiger partial charge in [-0.3, -0.25) is 9.59 Å². The third-order valence-corrected chi connectivity index (χ3v) is 3.99. The van der Waals surface area contributed by atoms with Gasteiger partial charge < -0.3 is 15.2 Å². The maximum Gasteiger partial charge on any atom is 0.306 e. The molecule has 2 fully saturated rings. The first-order chi connectivity index (χ1) is 8.68. The van der Waals surface area contributed by atoms with Gasteiger partial charge in [0.25, 0.3) is 0 Å². The van der Waals surface area contributed by atoms with Gasteiger partial charge >= 0.3 is 5.97 Å². The second-order valence-electron chi connectivity index (χ2n) is 5.24. The van der Waals surface area contributed by atoms with E-state index in [9.17, 15) is 9.59 Å². The zero-order valence-corrected chi connectivity index (χ0v) is 10.6. The molecule has 18 heavy (non-hydrogen) atoms. The van der Waals surface area contributed by atoms with Crippen LogP contribution >= 0.6 is 0 Å². The van der Waals surface area contributed by atoms with E-state index in [1.807, 2.05) is 0 Å². The van der Waals surface area contributed by atoms with Gasteiger partial charge in [0.2, 0.25) is 5.91 Å². The molecule has 0 spiro atoms. The Labute approximate surface area is 107 Å². The van der Waals surface area contributed by atoms with E-state index >= 15 is 0 Å². The fraction of sp³-hybridized carbons (Fsp3) is 0.846. The van der Waals surface area contributed by atoms with Crippen LogP contribution in [0.4, 0.5) is 0 Å². The first-order valence-electron chi connectivity index (χ1n) is 6.80. The highest BCUT2D eigenvalue weighted by Crippen LogP contribution is 2.29. The molecule has 5 heteroatoms. The summed E-state index contributed by atoms with van der Waals surface area (Å²) < 4.78 is 5.30. The number of hydrogen-bond acceptors (Lipinski definition) is 3. The Morgan fingerprint density at radius 1 is 1.17 bits per heavy atom. The van der Waals surface area contributed by atoms with Gasteiger partial charge in [0, 0.05) is 13.2 Å². The monoisotopic (exact) mass is 255 g/mol. The van der Waals surface area contributed by atoms with Gasteiger partial charge in [-0.05, 0) is 31.6 Å². The molecule has 1 heterocycles. The van der Waals surface area contributed by atoms with Crippen molar-refractivity contribution in [2.24, 2.45) is 11.8 Å². The van der Waals surface area contributed by atoms with Crippen molar-refractivity contribution in [1.82, 2.24) is 5.32 Å². The Balaban J connectivity index is 1.80. The Hall–Kier alpha value is -1.10. The Bertz CT molecular complexity index is 312. The van der Waals surface area contributed by atoms with E-state index in [2.05, 4.69) is 5.32 Å². The van der Waals surface area contributed by atoms with Gasteiger partial charge in [-0.1, -0.05) is 12.8 Å². The maximum absolute atomic E-state index is 11.8. The summed E-state index contributed by atoms with van der Waals surface area (Å²) in [5, 5.41) is 12.0. The average Bonchev–Trinajstić information content (AvgIpc) is 2.90. The summed E-state index contributed by atoms with van der Waals surface area (Å²) in [4.78, 5) is 22.9. The van der Waals surface area contributed by atoms with Crippen LogP contribution in [0.25, 0.3) is 0 Å². The van der Waals surface area contributed by atoms with Crippen LogP contribution in [0.5, 0.6) is 0 Å². The number of carbonyl (C=O) groups excluding carboxylic acids is 1. The molecule has 1 amide bonds. The van der Waals surface area contributed by atoms with E-state index in [-0.39, 0.29) is 23.8 Å². The lowest BCUT2D eigenvalue weighted by atomic mass is 9.79. The minimum Gasteiger partial charge on any atom is -0.481 e. The van der Waals surface area contributed by atoms with Crippen LogP contribution in [-0.4, -0.2) is 36.2 Å². The highest BCUT2D eigenvalue weighted by Gasteiger charge is 2.32. The second kappa shape index (κ2) is 6.18. The molecule has 2 unspecified atom stereocenters. The van der Waals surface area contributed by atoms with Crippen molar-refractivity contribution in [3.63, 3.8) is 0 Å². The molecule has 1 aliphatic heterocycles. The lowest BCUT2D eigenvalue weighted by Gasteiger charge is -2.28. The number of carboxylic acid groups (broad SMARTS) is 1. The number of nitrogens with one attached hydrogen (secondary N) is 1. The van der Waals surface area contributed by atoms with Crippen LogP contribution in [0, 0.1) is 11.8 Å². The first-order valence-corrected chi connectivity index (χ1v) is 6.80.